The number of nitrogens with zero attached hydrogens (tertiary/aromatic N) is 1. The van der Waals surface area contributed by atoms with E-state index in [0.717, 1.165) is 35.6 Å². The Morgan fingerprint density at radius 3 is 2.42 bits per heavy atom. The number of thiophene rings is 1. The fourth-order valence-electron chi connectivity index (χ4n) is 3.25. The molecule has 0 atom stereocenters. The number of ketones is 1. The van der Waals surface area contributed by atoms with E-state index in [2.05, 4.69) is 10.3 Å². The molecule has 33 heavy (non-hydrogen) atoms. The van der Waals surface area contributed by atoms with Gasteiger partial charge in [0.2, 0.25) is 0 Å². The molecule has 4 rings (SSSR count). The summed E-state index contributed by atoms with van der Waals surface area (Å²) in [6.07, 6.45) is -4.49. The van der Waals surface area contributed by atoms with Gasteiger partial charge < -0.3 is 11.1 Å². The predicted octanol–water partition coefficient (Wildman–Crippen LogP) is 6.34. The van der Waals surface area contributed by atoms with Crippen molar-refractivity contribution in [2.24, 2.45) is 0 Å². The van der Waals surface area contributed by atoms with Crippen molar-refractivity contribution in [3.8, 4) is 0 Å². The first kappa shape index (κ1) is 22.8. The molecule has 2 aromatic heterocycles. The molecule has 0 fully saturated rings. The zero-order chi connectivity index (χ0) is 23.9. The van der Waals surface area contributed by atoms with Crippen molar-refractivity contribution in [1.29, 1.82) is 0 Å². The zero-order valence-corrected chi connectivity index (χ0v) is 18.5. The Morgan fingerprint density at radius 2 is 1.79 bits per heavy atom. The number of nitrogen functional groups attached to an aromatic ring is 1. The highest BCUT2D eigenvalue weighted by Crippen LogP contribution is 2.35. The third-order valence-electron chi connectivity index (χ3n) is 4.92. The van der Waals surface area contributed by atoms with Crippen LogP contribution in [0.3, 0.4) is 0 Å². The van der Waals surface area contributed by atoms with Crippen LogP contribution in [0.2, 0.25) is 5.02 Å². The van der Waals surface area contributed by atoms with E-state index in [1.165, 1.54) is 6.07 Å². The van der Waals surface area contributed by atoms with Gasteiger partial charge in [0.05, 0.1) is 16.9 Å². The van der Waals surface area contributed by atoms with E-state index in [4.69, 9.17) is 17.3 Å². The first-order valence-electron chi connectivity index (χ1n) is 9.53. The average Bonchev–Trinajstić information content (AvgIpc) is 3.07. The number of anilines is 2. The molecule has 0 saturated carbocycles. The van der Waals surface area contributed by atoms with Crippen molar-refractivity contribution in [2.75, 3.05) is 11.1 Å². The highest BCUT2D eigenvalue weighted by atomic mass is 35.5. The third-order valence-corrected chi connectivity index (χ3v) is 6.27. The standard InChI is InChI=1S/C23H15ClF3N3O2S/c1-11-16(19(31)12-5-7-13(8-6-12)23(25,26)27)10-17-18(28)20(33-22(17)29-11)21(32)30-15-4-2-3-14(24)9-15/h2-10H,28H2,1H3,(H,30,32). The van der Waals surface area contributed by atoms with E-state index in [1.807, 2.05) is 0 Å². The topological polar surface area (TPSA) is 85.1 Å². The smallest absolute Gasteiger partial charge is 0.397 e. The summed E-state index contributed by atoms with van der Waals surface area (Å²) in [5, 5.41) is 3.59. The number of alkyl halides is 3. The van der Waals surface area contributed by atoms with Crippen LogP contribution >= 0.6 is 22.9 Å². The van der Waals surface area contributed by atoms with E-state index in [9.17, 15) is 22.8 Å². The van der Waals surface area contributed by atoms with Crippen molar-refractivity contribution in [1.82, 2.24) is 4.98 Å². The molecule has 0 unspecified atom stereocenters. The summed E-state index contributed by atoms with van der Waals surface area (Å²) in [5.41, 5.74) is 6.64. The first-order chi connectivity index (χ1) is 15.5. The number of fused-ring (bicyclic) bond motifs is 1. The van der Waals surface area contributed by atoms with E-state index in [0.29, 0.717) is 26.6 Å². The normalized spacial score (nSPS) is 11.5. The number of aryl methyl sites for hydroxylation is 1. The zero-order valence-electron chi connectivity index (χ0n) is 17.0. The monoisotopic (exact) mass is 489 g/mol. The van der Waals surface area contributed by atoms with Crippen LogP contribution in [-0.4, -0.2) is 16.7 Å². The number of halogens is 4. The molecule has 0 aliphatic rings. The second-order valence-electron chi connectivity index (χ2n) is 7.19. The van der Waals surface area contributed by atoms with Crippen molar-refractivity contribution in [2.45, 2.75) is 13.1 Å². The van der Waals surface area contributed by atoms with Crippen LogP contribution in [0.1, 0.15) is 36.9 Å². The summed E-state index contributed by atoms with van der Waals surface area (Å²) in [7, 11) is 0. The lowest BCUT2D eigenvalue weighted by Gasteiger charge is -2.08. The lowest BCUT2D eigenvalue weighted by atomic mass is 10.00. The van der Waals surface area contributed by atoms with Gasteiger partial charge in [0, 0.05) is 27.2 Å². The second kappa shape index (κ2) is 8.49. The minimum Gasteiger partial charge on any atom is -0.397 e. The minimum atomic E-state index is -4.49. The van der Waals surface area contributed by atoms with Gasteiger partial charge in [0.15, 0.2) is 5.78 Å². The van der Waals surface area contributed by atoms with Gasteiger partial charge >= 0.3 is 6.18 Å². The van der Waals surface area contributed by atoms with E-state index < -0.39 is 23.4 Å². The first-order valence-corrected chi connectivity index (χ1v) is 10.7. The molecule has 0 aliphatic heterocycles. The molecule has 5 nitrogen and oxygen atoms in total. The molecule has 4 aromatic rings. The van der Waals surface area contributed by atoms with Crippen molar-refractivity contribution < 1.29 is 22.8 Å². The number of nitrogens with one attached hydrogen (secondary N) is 1. The number of pyridine rings is 1. The second-order valence-corrected chi connectivity index (χ2v) is 8.62. The number of hydrogen-bond donors (Lipinski definition) is 2. The Balaban J connectivity index is 1.67. The Kier molecular flexibility index (Phi) is 5.85. The van der Waals surface area contributed by atoms with Crippen LogP contribution in [0, 0.1) is 6.92 Å². The maximum Gasteiger partial charge on any atom is 0.416 e. The molecular weight excluding hydrogens is 475 g/mol. The van der Waals surface area contributed by atoms with Crippen molar-refractivity contribution >= 4 is 56.2 Å². The Labute approximate surface area is 195 Å². The lowest BCUT2D eigenvalue weighted by molar-refractivity contribution is -0.137. The fraction of sp³-hybridized carbons (Fsp3) is 0.0870. The third kappa shape index (κ3) is 4.55. The van der Waals surface area contributed by atoms with Gasteiger partial charge in [-0.1, -0.05) is 29.8 Å². The number of rotatable bonds is 4. The largest absolute Gasteiger partial charge is 0.416 e. The summed E-state index contributed by atoms with van der Waals surface area (Å²) in [6, 6.07) is 12.1. The number of carbonyl (C=O) groups excluding carboxylic acids is 2. The summed E-state index contributed by atoms with van der Waals surface area (Å²) in [5.74, 6) is -0.947. The predicted molar refractivity (Wildman–Crippen MR) is 123 cm³/mol. The molecule has 10 heteroatoms. The van der Waals surface area contributed by atoms with Gasteiger partial charge in [-0.25, -0.2) is 4.98 Å². The fourth-order valence-corrected chi connectivity index (χ4v) is 4.46. The van der Waals surface area contributed by atoms with E-state index >= 15 is 0 Å². The van der Waals surface area contributed by atoms with Gasteiger partial charge in [0.25, 0.3) is 5.91 Å². The molecule has 168 valence electrons. The lowest BCUT2D eigenvalue weighted by Crippen LogP contribution is -2.11. The highest BCUT2D eigenvalue weighted by Gasteiger charge is 2.30. The molecule has 2 heterocycles. The van der Waals surface area contributed by atoms with Crippen LogP contribution in [0.4, 0.5) is 24.5 Å². The van der Waals surface area contributed by atoms with Crippen molar-refractivity contribution in [3.05, 3.63) is 86.9 Å². The highest BCUT2D eigenvalue weighted by molar-refractivity contribution is 7.21. The molecule has 2 aromatic carbocycles. The molecule has 1 amide bonds. The Bertz CT molecular complexity index is 1400. The number of carbonyl (C=O) groups is 2. The van der Waals surface area contributed by atoms with Gasteiger partial charge in [-0.2, -0.15) is 13.2 Å². The number of nitrogens with two attached hydrogens (primary N) is 1. The average molecular weight is 490 g/mol. The molecule has 0 aliphatic carbocycles. The quantitative estimate of drug-likeness (QED) is 0.327. The van der Waals surface area contributed by atoms with E-state index in [-0.39, 0.29) is 21.7 Å². The summed E-state index contributed by atoms with van der Waals surface area (Å²) >= 11 is 7.02. The van der Waals surface area contributed by atoms with Crippen LogP contribution in [-0.2, 0) is 6.18 Å². The van der Waals surface area contributed by atoms with Gasteiger partial charge in [-0.3, -0.25) is 9.59 Å². The number of amides is 1. The Hall–Kier alpha value is -3.43. The summed E-state index contributed by atoms with van der Waals surface area (Å²) < 4.78 is 38.4. The van der Waals surface area contributed by atoms with Crippen LogP contribution < -0.4 is 11.1 Å². The molecular formula is C23H15ClF3N3O2S. The minimum absolute atomic E-state index is 0.0833. The molecule has 0 spiro atoms. The van der Waals surface area contributed by atoms with Gasteiger partial charge in [-0.05, 0) is 43.3 Å². The van der Waals surface area contributed by atoms with Crippen molar-refractivity contribution in [3.63, 3.8) is 0 Å². The van der Waals surface area contributed by atoms with E-state index in [1.54, 1.807) is 31.2 Å². The maximum absolute atomic E-state index is 12.9. The summed E-state index contributed by atoms with van der Waals surface area (Å²) in [6.45, 7) is 1.61. The van der Waals surface area contributed by atoms with Crippen LogP contribution in [0.15, 0.2) is 54.6 Å². The number of benzene rings is 2. The SMILES string of the molecule is Cc1nc2sc(C(=O)Nc3cccc(Cl)c3)c(N)c2cc1C(=O)c1ccc(C(F)(F)F)cc1. The Morgan fingerprint density at radius 1 is 1.09 bits per heavy atom. The summed E-state index contributed by atoms with van der Waals surface area (Å²) in [4.78, 5) is 30.8. The molecule has 0 bridgehead atoms. The van der Waals surface area contributed by atoms with Gasteiger partial charge in [0.1, 0.15) is 9.71 Å². The number of aromatic nitrogens is 1. The number of hydrogen-bond acceptors (Lipinski definition) is 5. The maximum atomic E-state index is 12.9. The molecule has 0 radical (unpaired) electrons. The molecule has 0 saturated heterocycles. The van der Waals surface area contributed by atoms with Crippen LogP contribution in [0.25, 0.3) is 10.2 Å². The van der Waals surface area contributed by atoms with Crippen LogP contribution in [0.5, 0.6) is 0 Å². The van der Waals surface area contributed by atoms with Gasteiger partial charge in [-0.15, -0.1) is 11.3 Å². The molecule has 3 N–H and O–H groups in total.